The molecular weight excluding hydrogens is 928 g/mol. The van der Waals surface area contributed by atoms with Crippen molar-refractivity contribution in [2.24, 2.45) is 0 Å². The van der Waals surface area contributed by atoms with Crippen LogP contribution in [0.2, 0.25) is 0 Å². The molecule has 0 saturated carbocycles. The smallest absolute Gasteiger partial charge is 0.462 e. The van der Waals surface area contributed by atoms with Crippen LogP contribution < -0.4 is 0 Å². The van der Waals surface area contributed by atoms with Crippen molar-refractivity contribution >= 4 is 25.7 Å². The first-order chi connectivity index (χ1) is 35.2. The van der Waals surface area contributed by atoms with Gasteiger partial charge in [0.05, 0.1) is 19.8 Å². The summed E-state index contributed by atoms with van der Waals surface area (Å²) in [4.78, 5) is 48.4. The molecule has 2 N–H and O–H groups in total. The second-order valence-corrected chi connectivity index (χ2v) is 20.2. The normalized spacial score (nSPS) is 14.0. The second kappa shape index (κ2) is 53.9. The Morgan fingerprint density at radius 2 is 0.750 bits per heavy atom. The molecule has 0 heterocycles. The summed E-state index contributed by atoms with van der Waals surface area (Å²) < 4.78 is 39.3. The second-order valence-electron chi connectivity index (χ2n) is 18.7. The number of esters is 3. The first-order valence-electron chi connectivity index (χ1n) is 28.5. The summed E-state index contributed by atoms with van der Waals surface area (Å²) in [6, 6.07) is 0. The van der Waals surface area contributed by atoms with Crippen LogP contribution in [0.3, 0.4) is 0 Å². The van der Waals surface area contributed by atoms with Crippen molar-refractivity contribution in [3.05, 3.63) is 85.1 Å². The van der Waals surface area contributed by atoms with Crippen molar-refractivity contribution in [2.75, 3.05) is 26.4 Å². The number of aliphatic hydroxyl groups excluding tert-OH is 1. The molecule has 12 heteroatoms. The lowest BCUT2D eigenvalue weighted by Gasteiger charge is -2.21. The lowest BCUT2D eigenvalue weighted by molar-refractivity contribution is -0.161. The van der Waals surface area contributed by atoms with E-state index in [-0.39, 0.29) is 25.9 Å². The van der Waals surface area contributed by atoms with Crippen LogP contribution in [0.25, 0.3) is 0 Å². The van der Waals surface area contributed by atoms with Gasteiger partial charge in [0.25, 0.3) is 0 Å². The van der Waals surface area contributed by atoms with E-state index in [1.807, 2.05) is 12.2 Å². The molecule has 0 aliphatic rings. The number of phosphoric acid groups is 1. The predicted molar refractivity (Wildman–Crippen MR) is 298 cm³/mol. The predicted octanol–water partition coefficient (Wildman–Crippen LogP) is 16.7. The zero-order valence-corrected chi connectivity index (χ0v) is 46.5. The van der Waals surface area contributed by atoms with E-state index in [0.717, 1.165) is 77.0 Å². The quantitative estimate of drug-likeness (QED) is 0.0197. The van der Waals surface area contributed by atoms with E-state index in [1.54, 1.807) is 0 Å². The highest BCUT2D eigenvalue weighted by Gasteiger charge is 2.28. The Balaban J connectivity index is 4.74. The topological polar surface area (TPSA) is 155 Å². The highest BCUT2D eigenvalue weighted by molar-refractivity contribution is 7.47. The van der Waals surface area contributed by atoms with Gasteiger partial charge in [-0.15, -0.1) is 0 Å². The van der Waals surface area contributed by atoms with Crippen LogP contribution in [-0.2, 0) is 42.2 Å². The summed E-state index contributed by atoms with van der Waals surface area (Å²) in [5.74, 6) is -1.57. The summed E-state index contributed by atoms with van der Waals surface area (Å²) in [5, 5.41) is 9.81. The Labute approximate surface area is 439 Å². The molecule has 0 fully saturated rings. The molecule has 3 unspecified atom stereocenters. The summed E-state index contributed by atoms with van der Waals surface area (Å²) in [5.41, 5.74) is 0. The van der Waals surface area contributed by atoms with Gasteiger partial charge in [-0.2, -0.15) is 0 Å². The van der Waals surface area contributed by atoms with Gasteiger partial charge in [-0.25, -0.2) is 4.57 Å². The van der Waals surface area contributed by atoms with Crippen LogP contribution in [0.4, 0.5) is 0 Å². The van der Waals surface area contributed by atoms with Gasteiger partial charge < -0.3 is 24.2 Å². The van der Waals surface area contributed by atoms with Gasteiger partial charge in [0.2, 0.25) is 0 Å². The van der Waals surface area contributed by atoms with Crippen molar-refractivity contribution in [3.8, 4) is 0 Å². The van der Waals surface area contributed by atoms with Gasteiger partial charge in [0, 0.05) is 19.3 Å². The molecule has 0 aromatic carbocycles. The number of carbonyl (C=O) groups is 3. The SMILES string of the molecule is CC/C=C\C/C=C\C/C=C\C/C=C\C/C=C\C/C=C\CCC(=O)OC(COC(=O)CCCCCCCCCCC)COP(=O)(O)OCC(CO)OC(=O)CCCCCCCCC/C=C\CCCCCCCC. The molecule has 11 nitrogen and oxygen atoms in total. The molecule has 0 bridgehead atoms. The fourth-order valence-corrected chi connectivity index (χ4v) is 8.28. The van der Waals surface area contributed by atoms with Gasteiger partial charge in [-0.3, -0.25) is 23.4 Å². The maximum Gasteiger partial charge on any atom is 0.472 e. The maximum absolute atomic E-state index is 12.9. The molecule has 0 saturated heterocycles. The van der Waals surface area contributed by atoms with Crippen molar-refractivity contribution in [2.45, 2.75) is 251 Å². The average molecular weight is 1030 g/mol. The van der Waals surface area contributed by atoms with Crippen LogP contribution in [0.5, 0.6) is 0 Å². The van der Waals surface area contributed by atoms with E-state index in [9.17, 15) is 28.9 Å². The number of phosphoric ester groups is 1. The number of hydrogen-bond acceptors (Lipinski definition) is 10. The molecular formula is C60H103O11P. The standard InChI is InChI=1S/C60H103O11P/c1-4-7-10-13-16-19-21-23-25-27-28-30-32-34-36-39-42-45-48-51-60(64)71-57(53-67-58(62)49-46-43-40-37-18-15-12-9-6-3)55-69-72(65,66)68-54-56(52-61)70-59(63)50-47-44-41-38-35-33-31-29-26-24-22-20-17-14-11-8-5-2/h7,10,16,19,23-26,28,30,34,36,42,45,56-57,61H,4-6,8-9,11-15,17-18,20-22,27,29,31-33,35,37-41,43-44,46-55H2,1-3H3,(H,65,66)/b10-7-,19-16-,25-23-,26-24-,30-28-,36-34-,45-42-. The first-order valence-corrected chi connectivity index (χ1v) is 30.0. The molecule has 0 aliphatic heterocycles. The molecule has 0 amide bonds. The number of aliphatic hydroxyl groups is 1. The number of unbranched alkanes of at least 4 members (excludes halogenated alkanes) is 21. The summed E-state index contributed by atoms with van der Waals surface area (Å²) >= 11 is 0. The molecule has 72 heavy (non-hydrogen) atoms. The van der Waals surface area contributed by atoms with Crippen molar-refractivity contribution in [1.29, 1.82) is 0 Å². The first kappa shape index (κ1) is 68.7. The van der Waals surface area contributed by atoms with Crippen molar-refractivity contribution in [1.82, 2.24) is 0 Å². The molecule has 0 aromatic rings. The van der Waals surface area contributed by atoms with Gasteiger partial charge in [0.1, 0.15) is 12.7 Å². The fourth-order valence-electron chi connectivity index (χ4n) is 7.49. The fraction of sp³-hybridized carbons (Fsp3) is 0.717. The molecule has 0 aliphatic carbocycles. The van der Waals surface area contributed by atoms with Crippen LogP contribution in [-0.4, -0.2) is 66.5 Å². The van der Waals surface area contributed by atoms with Crippen molar-refractivity contribution < 1.29 is 52.2 Å². The van der Waals surface area contributed by atoms with E-state index in [1.165, 1.54) is 96.3 Å². The Kier molecular flexibility index (Phi) is 51.4. The minimum atomic E-state index is -4.77. The zero-order chi connectivity index (χ0) is 52.7. The molecule has 0 spiro atoms. The van der Waals surface area contributed by atoms with E-state index in [2.05, 4.69) is 93.7 Å². The minimum Gasteiger partial charge on any atom is -0.462 e. The number of rotatable bonds is 52. The third-order valence-corrected chi connectivity index (χ3v) is 12.8. The van der Waals surface area contributed by atoms with Gasteiger partial charge >= 0.3 is 25.7 Å². The van der Waals surface area contributed by atoms with Crippen LogP contribution in [0.1, 0.15) is 239 Å². The van der Waals surface area contributed by atoms with Crippen LogP contribution in [0, 0.1) is 0 Å². The van der Waals surface area contributed by atoms with E-state index in [0.29, 0.717) is 25.7 Å². The summed E-state index contributed by atoms with van der Waals surface area (Å²) in [6.45, 7) is 4.42. The highest BCUT2D eigenvalue weighted by atomic mass is 31.2. The molecule has 3 atom stereocenters. The van der Waals surface area contributed by atoms with Gasteiger partial charge in [-0.1, -0.05) is 221 Å². The van der Waals surface area contributed by atoms with E-state index >= 15 is 0 Å². The molecule has 0 rings (SSSR count). The highest BCUT2D eigenvalue weighted by Crippen LogP contribution is 2.43. The third kappa shape index (κ3) is 51.6. The largest absolute Gasteiger partial charge is 0.472 e. The van der Waals surface area contributed by atoms with Crippen LogP contribution in [0.15, 0.2) is 85.1 Å². The van der Waals surface area contributed by atoms with Gasteiger partial charge in [-0.05, 0) is 83.5 Å². The van der Waals surface area contributed by atoms with E-state index in [4.69, 9.17) is 23.3 Å². The number of hydrogen-bond donors (Lipinski definition) is 2. The molecule has 0 radical (unpaired) electrons. The summed E-state index contributed by atoms with van der Waals surface area (Å²) in [7, 11) is -4.77. The average Bonchev–Trinajstić information content (AvgIpc) is 3.37. The monoisotopic (exact) mass is 1030 g/mol. The van der Waals surface area contributed by atoms with Crippen LogP contribution >= 0.6 is 7.82 Å². The Morgan fingerprint density at radius 3 is 1.19 bits per heavy atom. The minimum absolute atomic E-state index is 0.0410. The number of allylic oxidation sites excluding steroid dienone is 14. The number of ether oxygens (including phenoxy) is 3. The third-order valence-electron chi connectivity index (χ3n) is 11.8. The maximum atomic E-state index is 12.9. The zero-order valence-electron chi connectivity index (χ0n) is 45.6. The van der Waals surface area contributed by atoms with Gasteiger partial charge in [0.15, 0.2) is 6.10 Å². The number of carbonyl (C=O) groups excluding carboxylic acids is 3. The lowest BCUT2D eigenvalue weighted by Crippen LogP contribution is -2.30. The Bertz CT molecular complexity index is 1530. The Hall–Kier alpha value is -3.34. The summed E-state index contributed by atoms with van der Waals surface area (Å²) in [6.07, 6.45) is 61.4. The van der Waals surface area contributed by atoms with E-state index < -0.39 is 57.8 Å². The van der Waals surface area contributed by atoms with Crippen molar-refractivity contribution in [3.63, 3.8) is 0 Å². The lowest BCUT2D eigenvalue weighted by atomic mass is 10.1. The molecule has 414 valence electrons. The molecule has 0 aromatic heterocycles. The Morgan fingerprint density at radius 1 is 0.403 bits per heavy atom.